The Hall–Kier alpha value is -1.47. The lowest BCUT2D eigenvalue weighted by Crippen LogP contribution is -2.31. The zero-order valence-electron chi connectivity index (χ0n) is 12.4. The van der Waals surface area contributed by atoms with Crippen molar-refractivity contribution in [3.05, 3.63) is 32.9 Å². The quantitative estimate of drug-likeness (QED) is 0.618. The minimum atomic E-state index is -3.71. The Morgan fingerprint density at radius 2 is 1.65 bits per heavy atom. The van der Waals surface area contributed by atoms with Gasteiger partial charge in [-0.1, -0.05) is 13.8 Å². The fourth-order valence-corrected chi connectivity index (χ4v) is 4.42. The van der Waals surface area contributed by atoms with E-state index >= 15 is 0 Å². The van der Waals surface area contributed by atoms with Gasteiger partial charge in [-0.3, -0.25) is 10.1 Å². The second kappa shape index (κ2) is 5.88. The van der Waals surface area contributed by atoms with Gasteiger partial charge in [0.1, 0.15) is 0 Å². The predicted octanol–water partition coefficient (Wildman–Crippen LogP) is 2.55. The van der Waals surface area contributed by atoms with Crippen molar-refractivity contribution in [1.82, 2.24) is 4.31 Å². The zero-order chi connectivity index (χ0) is 15.7. The molecule has 0 aliphatic heterocycles. The average Bonchev–Trinajstić information content (AvgIpc) is 2.27. The monoisotopic (exact) mass is 300 g/mol. The van der Waals surface area contributed by atoms with Crippen LogP contribution in [0, 0.1) is 30.9 Å². The van der Waals surface area contributed by atoms with Gasteiger partial charge < -0.3 is 0 Å². The maximum Gasteiger partial charge on any atom is 0.276 e. The minimum Gasteiger partial charge on any atom is -0.258 e. The molecule has 0 N–H and O–H groups in total. The Bertz CT molecular complexity index is 634. The number of aryl methyl sites for hydroxylation is 2. The van der Waals surface area contributed by atoms with Gasteiger partial charge in [0.2, 0.25) is 10.0 Å². The number of sulfonamides is 1. The molecule has 0 spiro atoms. The highest BCUT2D eigenvalue weighted by molar-refractivity contribution is 7.89. The molecule has 1 aromatic carbocycles. The summed E-state index contributed by atoms with van der Waals surface area (Å²) in [7, 11) is -3.71. The molecule has 20 heavy (non-hydrogen) atoms. The Balaban J connectivity index is 3.70. The summed E-state index contributed by atoms with van der Waals surface area (Å²) in [6.07, 6.45) is 0. The first-order valence-corrected chi connectivity index (χ1v) is 7.87. The molecule has 1 rings (SSSR count). The molecule has 0 aliphatic rings. The molecular formula is C13H20N2O4S. The summed E-state index contributed by atoms with van der Waals surface area (Å²) in [5.41, 5.74) is 1.10. The van der Waals surface area contributed by atoms with Crippen LogP contribution in [0.2, 0.25) is 0 Å². The molecule has 0 fully saturated rings. The van der Waals surface area contributed by atoms with Crippen LogP contribution in [0.1, 0.15) is 30.5 Å². The van der Waals surface area contributed by atoms with Gasteiger partial charge in [-0.05, 0) is 32.4 Å². The molecule has 0 unspecified atom stereocenters. The van der Waals surface area contributed by atoms with Gasteiger partial charge in [-0.2, -0.15) is 4.31 Å². The number of rotatable bonds is 5. The van der Waals surface area contributed by atoms with Gasteiger partial charge in [-0.15, -0.1) is 0 Å². The summed E-state index contributed by atoms with van der Waals surface area (Å²) >= 11 is 0. The van der Waals surface area contributed by atoms with E-state index in [2.05, 4.69) is 0 Å². The molecule has 1 aromatic rings. The van der Waals surface area contributed by atoms with Crippen LogP contribution in [0.15, 0.2) is 11.0 Å². The first-order valence-electron chi connectivity index (χ1n) is 6.43. The molecule has 112 valence electrons. The largest absolute Gasteiger partial charge is 0.276 e. The first kappa shape index (κ1) is 16.6. The maximum absolute atomic E-state index is 12.6. The van der Waals surface area contributed by atoms with Crippen LogP contribution < -0.4 is 0 Å². The van der Waals surface area contributed by atoms with Crippen LogP contribution in [0.5, 0.6) is 0 Å². The summed E-state index contributed by atoms with van der Waals surface area (Å²) < 4.78 is 26.6. The Morgan fingerprint density at radius 1 is 1.15 bits per heavy atom. The van der Waals surface area contributed by atoms with Crippen molar-refractivity contribution in [3.63, 3.8) is 0 Å². The molecule has 7 heteroatoms. The van der Waals surface area contributed by atoms with Crippen LogP contribution in [0.25, 0.3) is 0 Å². The number of nitro groups is 1. The molecule has 0 amide bonds. The van der Waals surface area contributed by atoms with E-state index in [1.54, 1.807) is 33.8 Å². The highest BCUT2D eigenvalue weighted by Gasteiger charge is 2.30. The van der Waals surface area contributed by atoms with Crippen LogP contribution >= 0.6 is 0 Å². The van der Waals surface area contributed by atoms with Gasteiger partial charge in [0.15, 0.2) is 0 Å². The highest BCUT2D eigenvalue weighted by Crippen LogP contribution is 2.33. The van der Waals surface area contributed by atoms with Crippen molar-refractivity contribution in [3.8, 4) is 0 Å². The highest BCUT2D eigenvalue weighted by atomic mass is 32.2. The van der Waals surface area contributed by atoms with Gasteiger partial charge >= 0.3 is 0 Å². The third-order valence-electron chi connectivity index (χ3n) is 3.35. The molecule has 0 aliphatic carbocycles. The number of hydrogen-bond donors (Lipinski definition) is 0. The summed E-state index contributed by atoms with van der Waals surface area (Å²) in [5, 5.41) is 11.1. The first-order chi connectivity index (χ1) is 9.18. The molecule has 0 saturated carbocycles. The van der Waals surface area contributed by atoms with E-state index in [0.29, 0.717) is 24.2 Å². The summed E-state index contributed by atoms with van der Waals surface area (Å²) in [5.74, 6) is 0. The third-order valence-corrected chi connectivity index (χ3v) is 5.69. The molecule has 0 bridgehead atoms. The van der Waals surface area contributed by atoms with Gasteiger partial charge in [0.25, 0.3) is 5.69 Å². The number of nitrogens with zero attached hydrogens (tertiary/aromatic N) is 2. The second-order valence-corrected chi connectivity index (χ2v) is 6.53. The maximum atomic E-state index is 12.6. The lowest BCUT2D eigenvalue weighted by Gasteiger charge is -2.21. The van der Waals surface area contributed by atoms with E-state index in [1.165, 1.54) is 11.2 Å². The fourth-order valence-electron chi connectivity index (χ4n) is 2.53. The number of nitro benzene ring substituents is 1. The SMILES string of the molecule is CCN(CC)S(=O)(=O)c1c(C)cc(C)c([N+](=O)[O-])c1C. The fraction of sp³-hybridized carbons (Fsp3) is 0.538. The van der Waals surface area contributed by atoms with Gasteiger partial charge in [0.05, 0.1) is 9.82 Å². The minimum absolute atomic E-state index is 0.0542. The summed E-state index contributed by atoms with van der Waals surface area (Å²) in [6, 6.07) is 1.56. The number of hydrogen-bond acceptors (Lipinski definition) is 4. The van der Waals surface area contributed by atoms with Crippen LogP contribution in [-0.4, -0.2) is 30.7 Å². The van der Waals surface area contributed by atoms with Crippen molar-refractivity contribution >= 4 is 15.7 Å². The van der Waals surface area contributed by atoms with Crippen LogP contribution in [-0.2, 0) is 10.0 Å². The van der Waals surface area contributed by atoms with Crippen molar-refractivity contribution in [2.45, 2.75) is 39.5 Å². The topological polar surface area (TPSA) is 80.5 Å². The molecular weight excluding hydrogens is 280 g/mol. The van der Waals surface area contributed by atoms with Crippen molar-refractivity contribution < 1.29 is 13.3 Å². The van der Waals surface area contributed by atoms with E-state index in [-0.39, 0.29) is 16.1 Å². The normalized spacial score (nSPS) is 11.9. The molecule has 6 nitrogen and oxygen atoms in total. The zero-order valence-corrected chi connectivity index (χ0v) is 13.2. The Morgan fingerprint density at radius 3 is 2.05 bits per heavy atom. The third kappa shape index (κ3) is 2.69. The van der Waals surface area contributed by atoms with Crippen molar-refractivity contribution in [2.24, 2.45) is 0 Å². The van der Waals surface area contributed by atoms with Gasteiger partial charge in [-0.25, -0.2) is 8.42 Å². The second-order valence-electron chi connectivity index (χ2n) is 4.66. The van der Waals surface area contributed by atoms with E-state index in [0.717, 1.165) is 0 Å². The predicted molar refractivity (Wildman–Crippen MR) is 77.4 cm³/mol. The standard InChI is InChI=1S/C13H20N2O4S/c1-6-14(7-2)20(18,19)13-10(4)8-9(3)12(11(13)5)15(16)17/h8H,6-7H2,1-5H3. The van der Waals surface area contributed by atoms with E-state index in [9.17, 15) is 18.5 Å². The molecule has 0 atom stereocenters. The van der Waals surface area contributed by atoms with Crippen molar-refractivity contribution in [1.29, 1.82) is 0 Å². The molecule has 0 saturated heterocycles. The van der Waals surface area contributed by atoms with Crippen LogP contribution in [0.4, 0.5) is 5.69 Å². The van der Waals surface area contributed by atoms with E-state index in [1.807, 2.05) is 0 Å². The van der Waals surface area contributed by atoms with E-state index < -0.39 is 14.9 Å². The Kier molecular flexibility index (Phi) is 4.88. The lowest BCUT2D eigenvalue weighted by molar-refractivity contribution is -0.386. The molecule has 0 aromatic heterocycles. The number of benzene rings is 1. The van der Waals surface area contributed by atoms with E-state index in [4.69, 9.17) is 0 Å². The lowest BCUT2D eigenvalue weighted by atomic mass is 10.1. The van der Waals surface area contributed by atoms with Crippen LogP contribution in [0.3, 0.4) is 0 Å². The average molecular weight is 300 g/mol. The molecule has 0 heterocycles. The summed E-state index contributed by atoms with van der Waals surface area (Å²) in [4.78, 5) is 10.7. The smallest absolute Gasteiger partial charge is 0.258 e. The Labute approximate surface area is 119 Å². The molecule has 0 radical (unpaired) electrons. The summed E-state index contributed by atoms with van der Waals surface area (Å²) in [6.45, 7) is 8.93. The van der Waals surface area contributed by atoms with Crippen molar-refractivity contribution in [2.75, 3.05) is 13.1 Å². The van der Waals surface area contributed by atoms with Gasteiger partial charge in [0, 0.05) is 24.2 Å².